The second-order valence-corrected chi connectivity index (χ2v) is 5.50. The lowest BCUT2D eigenvalue weighted by atomic mass is 9.73. The van der Waals surface area contributed by atoms with Crippen LogP contribution in [0.3, 0.4) is 0 Å². The van der Waals surface area contributed by atoms with Gasteiger partial charge in [0.15, 0.2) is 0 Å². The highest BCUT2D eigenvalue weighted by Gasteiger charge is 2.53. The molecule has 1 aromatic rings. The van der Waals surface area contributed by atoms with Crippen LogP contribution >= 0.6 is 11.6 Å². The van der Waals surface area contributed by atoms with Crippen molar-refractivity contribution >= 4 is 23.4 Å². The summed E-state index contributed by atoms with van der Waals surface area (Å²) >= 11 is 6.02. The predicted octanol–water partition coefficient (Wildman–Crippen LogP) is 2.28. The lowest BCUT2D eigenvalue weighted by Crippen LogP contribution is -2.73. The molecule has 0 saturated carbocycles. The molecule has 96 valence electrons. The van der Waals surface area contributed by atoms with Crippen molar-refractivity contribution in [3.63, 3.8) is 0 Å². The van der Waals surface area contributed by atoms with Gasteiger partial charge in [0.05, 0.1) is 10.7 Å². The number of carboxylic acid groups (broad SMARTS) is 1. The monoisotopic (exact) mass is 270 g/mol. The molecule has 0 bridgehead atoms. The molecular weight excluding hydrogens is 259 g/mol. The maximum atomic E-state index is 13.2. The fourth-order valence-electron chi connectivity index (χ4n) is 2.76. The fraction of sp³-hybridized carbons (Fsp3) is 0.417. The van der Waals surface area contributed by atoms with Gasteiger partial charge in [-0.2, -0.15) is 0 Å². The van der Waals surface area contributed by atoms with Crippen molar-refractivity contribution in [3.05, 3.63) is 29.0 Å². The molecule has 2 fully saturated rings. The Morgan fingerprint density at radius 1 is 1.33 bits per heavy atom. The van der Waals surface area contributed by atoms with Crippen LogP contribution in [-0.4, -0.2) is 42.3 Å². The molecule has 0 aliphatic carbocycles. The SMILES string of the molecule is O=C(O)N1CC2(C1)CN(c1cc(F)ccc1Cl)C2. The van der Waals surface area contributed by atoms with Crippen LogP contribution < -0.4 is 4.90 Å². The third-order valence-electron chi connectivity index (χ3n) is 3.62. The molecule has 18 heavy (non-hydrogen) atoms. The Labute approximate surface area is 109 Å². The largest absolute Gasteiger partial charge is 0.465 e. The van der Waals surface area contributed by atoms with Gasteiger partial charge < -0.3 is 14.9 Å². The molecule has 0 unspecified atom stereocenters. The molecule has 4 nitrogen and oxygen atoms in total. The Morgan fingerprint density at radius 3 is 2.61 bits per heavy atom. The molecule has 1 N–H and O–H groups in total. The number of amides is 1. The average molecular weight is 271 g/mol. The first kappa shape index (κ1) is 11.6. The summed E-state index contributed by atoms with van der Waals surface area (Å²) in [6, 6.07) is 4.29. The number of halogens is 2. The van der Waals surface area contributed by atoms with Crippen molar-refractivity contribution in [2.45, 2.75) is 0 Å². The Hall–Kier alpha value is -1.49. The molecule has 2 aliphatic heterocycles. The minimum absolute atomic E-state index is 0.0496. The van der Waals surface area contributed by atoms with Gasteiger partial charge in [0.1, 0.15) is 5.82 Å². The van der Waals surface area contributed by atoms with E-state index >= 15 is 0 Å². The molecule has 1 spiro atoms. The van der Waals surface area contributed by atoms with E-state index in [-0.39, 0.29) is 11.2 Å². The highest BCUT2D eigenvalue weighted by molar-refractivity contribution is 6.33. The average Bonchev–Trinajstić information content (AvgIpc) is 2.18. The standard InChI is InChI=1S/C12H12ClFN2O2/c13-9-2-1-8(14)3-10(9)15-4-12(5-15)6-16(7-12)11(17)18/h1-3H,4-7H2,(H,17,18). The molecule has 2 saturated heterocycles. The van der Waals surface area contributed by atoms with Crippen LogP contribution in [0.4, 0.5) is 14.9 Å². The second-order valence-electron chi connectivity index (χ2n) is 5.09. The van der Waals surface area contributed by atoms with Crippen molar-refractivity contribution in [3.8, 4) is 0 Å². The van der Waals surface area contributed by atoms with Gasteiger partial charge in [-0.3, -0.25) is 0 Å². The number of benzene rings is 1. The molecule has 2 aliphatic rings. The third-order valence-corrected chi connectivity index (χ3v) is 3.94. The summed E-state index contributed by atoms with van der Waals surface area (Å²) in [5.74, 6) is -0.309. The maximum absolute atomic E-state index is 13.2. The molecule has 2 heterocycles. The van der Waals surface area contributed by atoms with Crippen molar-refractivity contribution in [1.82, 2.24) is 4.90 Å². The first-order chi connectivity index (χ1) is 8.49. The molecule has 0 aromatic heterocycles. The molecule has 1 aromatic carbocycles. The van der Waals surface area contributed by atoms with E-state index in [1.54, 1.807) is 6.07 Å². The van der Waals surface area contributed by atoms with Crippen LogP contribution in [-0.2, 0) is 0 Å². The van der Waals surface area contributed by atoms with Gasteiger partial charge in [0.25, 0.3) is 0 Å². The van der Waals surface area contributed by atoms with Crippen LogP contribution in [0.1, 0.15) is 0 Å². The van der Waals surface area contributed by atoms with Gasteiger partial charge in [-0.15, -0.1) is 0 Å². The van der Waals surface area contributed by atoms with Gasteiger partial charge in [-0.25, -0.2) is 9.18 Å². The predicted molar refractivity (Wildman–Crippen MR) is 65.7 cm³/mol. The number of hydrogen-bond acceptors (Lipinski definition) is 2. The van der Waals surface area contributed by atoms with Crippen molar-refractivity contribution in [2.24, 2.45) is 5.41 Å². The lowest BCUT2D eigenvalue weighted by molar-refractivity contribution is -0.00942. The van der Waals surface area contributed by atoms with Crippen LogP contribution in [0.5, 0.6) is 0 Å². The summed E-state index contributed by atoms with van der Waals surface area (Å²) in [4.78, 5) is 14.1. The van der Waals surface area contributed by atoms with E-state index in [0.29, 0.717) is 23.8 Å². The van der Waals surface area contributed by atoms with E-state index in [0.717, 1.165) is 13.1 Å². The Morgan fingerprint density at radius 2 is 2.00 bits per heavy atom. The van der Waals surface area contributed by atoms with E-state index in [1.807, 2.05) is 4.90 Å². The Balaban J connectivity index is 1.66. The zero-order chi connectivity index (χ0) is 12.9. The summed E-state index contributed by atoms with van der Waals surface area (Å²) in [7, 11) is 0. The number of rotatable bonds is 1. The van der Waals surface area contributed by atoms with Crippen LogP contribution in [0.2, 0.25) is 5.02 Å². The van der Waals surface area contributed by atoms with Gasteiger partial charge in [0.2, 0.25) is 0 Å². The van der Waals surface area contributed by atoms with E-state index < -0.39 is 6.09 Å². The second kappa shape index (κ2) is 3.75. The number of anilines is 1. The van der Waals surface area contributed by atoms with Gasteiger partial charge >= 0.3 is 6.09 Å². The van der Waals surface area contributed by atoms with E-state index in [2.05, 4.69) is 0 Å². The number of hydrogen-bond donors (Lipinski definition) is 1. The Bertz CT molecular complexity index is 509. The van der Waals surface area contributed by atoms with Crippen molar-refractivity contribution in [1.29, 1.82) is 0 Å². The summed E-state index contributed by atoms with van der Waals surface area (Å²) in [5, 5.41) is 9.32. The van der Waals surface area contributed by atoms with Gasteiger partial charge in [-0.05, 0) is 18.2 Å². The summed E-state index contributed by atoms with van der Waals surface area (Å²) in [5.41, 5.74) is 0.740. The number of nitrogens with zero attached hydrogens (tertiary/aromatic N) is 2. The van der Waals surface area contributed by atoms with Crippen LogP contribution in [0.25, 0.3) is 0 Å². The molecule has 6 heteroatoms. The highest BCUT2D eigenvalue weighted by atomic mass is 35.5. The van der Waals surface area contributed by atoms with Crippen LogP contribution in [0, 0.1) is 11.2 Å². The van der Waals surface area contributed by atoms with Crippen molar-refractivity contribution in [2.75, 3.05) is 31.1 Å². The first-order valence-electron chi connectivity index (χ1n) is 5.67. The van der Waals surface area contributed by atoms with Crippen LogP contribution in [0.15, 0.2) is 18.2 Å². The summed E-state index contributed by atoms with van der Waals surface area (Å²) < 4.78 is 13.2. The fourth-order valence-corrected chi connectivity index (χ4v) is 3.00. The number of likely N-dealkylation sites (tertiary alicyclic amines) is 1. The quantitative estimate of drug-likeness (QED) is 0.851. The molecule has 0 radical (unpaired) electrons. The summed E-state index contributed by atoms with van der Waals surface area (Å²) in [6.07, 6.45) is -0.872. The third kappa shape index (κ3) is 1.70. The molecule has 3 rings (SSSR count). The molecule has 1 amide bonds. The number of carbonyl (C=O) groups is 1. The first-order valence-corrected chi connectivity index (χ1v) is 6.05. The zero-order valence-electron chi connectivity index (χ0n) is 9.57. The minimum Gasteiger partial charge on any atom is -0.465 e. The maximum Gasteiger partial charge on any atom is 0.407 e. The zero-order valence-corrected chi connectivity index (χ0v) is 10.3. The van der Waals surface area contributed by atoms with E-state index in [4.69, 9.17) is 16.7 Å². The van der Waals surface area contributed by atoms with Crippen molar-refractivity contribution < 1.29 is 14.3 Å². The lowest BCUT2D eigenvalue weighted by Gasteiger charge is -2.60. The topological polar surface area (TPSA) is 43.8 Å². The minimum atomic E-state index is -0.872. The smallest absolute Gasteiger partial charge is 0.407 e. The highest BCUT2D eigenvalue weighted by Crippen LogP contribution is 2.43. The molecule has 0 atom stereocenters. The van der Waals surface area contributed by atoms with E-state index in [9.17, 15) is 9.18 Å². The van der Waals surface area contributed by atoms with E-state index in [1.165, 1.54) is 17.0 Å². The summed E-state index contributed by atoms with van der Waals surface area (Å²) in [6.45, 7) is 2.59. The normalized spacial score (nSPS) is 20.6. The van der Waals surface area contributed by atoms with Gasteiger partial charge in [0, 0.05) is 31.6 Å². The Kier molecular flexibility index (Phi) is 2.41. The molecular formula is C12H12ClFN2O2. The van der Waals surface area contributed by atoms with Gasteiger partial charge in [-0.1, -0.05) is 11.6 Å².